The Labute approximate surface area is 435 Å². The van der Waals surface area contributed by atoms with Crippen LogP contribution in [0.2, 0.25) is 0 Å². The number of methoxy groups -OCH3 is 1. The van der Waals surface area contributed by atoms with Gasteiger partial charge >= 0.3 is 42.6 Å². The van der Waals surface area contributed by atoms with Gasteiger partial charge in [-0.15, -0.1) is 0 Å². The molecular weight excluding hydrogens is 1140 g/mol. The molecule has 430 valence electrons. The number of carbonyl (C=O) groups is 1. The summed E-state index contributed by atoms with van der Waals surface area (Å²) in [6.07, 6.45) is -14.4. The number of H-pyrrole nitrogens is 2. The van der Waals surface area contributed by atoms with Crippen molar-refractivity contribution in [2.45, 2.75) is 93.8 Å². The highest BCUT2D eigenvalue weighted by Crippen LogP contribution is 2.68. The molecule has 0 aliphatic carbocycles. The van der Waals surface area contributed by atoms with Crippen LogP contribution in [0.1, 0.15) is 39.0 Å². The Balaban J connectivity index is 0.952. The van der Waals surface area contributed by atoms with Crippen LogP contribution in [0.25, 0.3) is 22.3 Å². The minimum absolute atomic E-state index is 0.00221. The van der Waals surface area contributed by atoms with Crippen molar-refractivity contribution in [3.05, 3.63) is 62.4 Å². The maximum atomic E-state index is 13.6. The molecule has 3 fully saturated rings. The summed E-state index contributed by atoms with van der Waals surface area (Å²) in [5.41, 5.74) is 9.15. The van der Waals surface area contributed by atoms with Crippen LogP contribution in [0.5, 0.6) is 0 Å². The third-order valence-corrected chi connectivity index (χ3v) is 17.2. The zero-order valence-corrected chi connectivity index (χ0v) is 44.3. The molecule has 8 rings (SSSR count). The number of phosphoric acid groups is 4. The molecule has 0 bridgehead atoms. The number of imidazole rings is 2. The van der Waals surface area contributed by atoms with E-state index in [2.05, 4.69) is 38.9 Å². The number of nitrogens with one attached hydrogen (secondary N) is 3. The fourth-order valence-electron chi connectivity index (χ4n) is 8.72. The van der Waals surface area contributed by atoms with Crippen molar-refractivity contribution < 1.29 is 108 Å². The van der Waals surface area contributed by atoms with Gasteiger partial charge in [-0.25, -0.2) is 42.6 Å². The molecule has 3 aliphatic heterocycles. The first-order chi connectivity index (χ1) is 36.5. The van der Waals surface area contributed by atoms with Gasteiger partial charge in [0.15, 0.2) is 30.2 Å². The number of nitrogens with zero attached hydrogens (tertiary/aromatic N) is 8. The second kappa shape index (κ2) is 22.8. The van der Waals surface area contributed by atoms with E-state index in [0.717, 1.165) is 36.6 Å². The van der Waals surface area contributed by atoms with Crippen LogP contribution >= 0.6 is 31.3 Å². The zero-order valence-electron chi connectivity index (χ0n) is 40.7. The number of amides is 1. The molecule has 16 atom stereocenters. The van der Waals surface area contributed by atoms with E-state index in [-0.39, 0.29) is 40.1 Å². The predicted molar refractivity (Wildman–Crippen MR) is 253 cm³/mol. The molecule has 38 nitrogen and oxygen atoms in total. The summed E-state index contributed by atoms with van der Waals surface area (Å²) >= 11 is 0. The fourth-order valence-corrected chi connectivity index (χ4v) is 13.2. The molecule has 3 saturated heterocycles. The van der Waals surface area contributed by atoms with Crippen LogP contribution in [0.3, 0.4) is 0 Å². The van der Waals surface area contributed by atoms with Crippen LogP contribution < -0.4 is 38.2 Å². The molecule has 0 aromatic carbocycles. The summed E-state index contributed by atoms with van der Waals surface area (Å²) in [4.78, 5) is 113. The van der Waals surface area contributed by atoms with Gasteiger partial charge in [0.05, 0.1) is 39.3 Å². The SMILES string of the molecule is CO[C@@H]1[C@H](OP(=O)(O)OC[C@H]2O[C@@H](n3ccc(=O)[nH]c3=O)[C@H](O)[C@@H]2O)[C@@H](COP(=O)(O)OP(=O)(O)OP(=O)(O)OC[C@H]2OC([n+]3cn(C)c4c(=O)[nH]c(N)nc43)[C@H](O)C2CC(=O)NC(C)C)O[C@H]1n1cnc2c(N)ncnc21. The summed E-state index contributed by atoms with van der Waals surface area (Å²) in [5, 5.41) is 35.4. The molecule has 1 amide bonds. The Morgan fingerprint density at radius 1 is 0.821 bits per heavy atom. The molecule has 5 aromatic rings. The van der Waals surface area contributed by atoms with Crippen molar-refractivity contribution in [1.29, 1.82) is 0 Å². The maximum absolute atomic E-state index is 13.6. The van der Waals surface area contributed by atoms with Gasteiger partial charge in [0.2, 0.25) is 17.7 Å². The molecule has 42 heteroatoms. The second-order valence-electron chi connectivity index (χ2n) is 17.8. The van der Waals surface area contributed by atoms with Crippen molar-refractivity contribution in [3.8, 4) is 0 Å². The van der Waals surface area contributed by atoms with Crippen molar-refractivity contribution in [1.82, 2.24) is 48.9 Å². The number of phosphoric ester groups is 3. The fraction of sp³-hybridized carbons (Fsp3) is 0.583. The van der Waals surface area contributed by atoms with Crippen LogP contribution in [0.15, 0.2) is 45.6 Å². The highest BCUT2D eigenvalue weighted by atomic mass is 31.3. The van der Waals surface area contributed by atoms with Gasteiger partial charge in [0, 0.05) is 37.8 Å². The number of aromatic amines is 2. The lowest BCUT2D eigenvalue weighted by atomic mass is 9.94. The number of nitrogen functional groups attached to an aromatic ring is 2. The monoisotopic (exact) mass is 1190 g/mol. The highest BCUT2D eigenvalue weighted by molar-refractivity contribution is 7.66. The summed E-state index contributed by atoms with van der Waals surface area (Å²) in [6, 6.07) is 0.548. The molecule has 0 radical (unpaired) electrons. The Kier molecular flexibility index (Phi) is 17.2. The molecule has 78 heavy (non-hydrogen) atoms. The number of hydrogen-bond acceptors (Lipinski definition) is 27. The predicted octanol–water partition coefficient (Wildman–Crippen LogP) is -3.71. The molecular formula is C36H52N13O25P4+. The lowest BCUT2D eigenvalue weighted by Crippen LogP contribution is -2.45. The number of fused-ring (bicyclic) bond motifs is 2. The lowest BCUT2D eigenvalue weighted by molar-refractivity contribution is -0.745. The summed E-state index contributed by atoms with van der Waals surface area (Å²) in [6.45, 7) is -0.0742. The van der Waals surface area contributed by atoms with E-state index >= 15 is 0 Å². The molecule has 8 heterocycles. The molecule has 0 spiro atoms. The number of nitrogens with two attached hydrogens (primary N) is 2. The zero-order chi connectivity index (χ0) is 57.0. The van der Waals surface area contributed by atoms with E-state index < -0.39 is 154 Å². The quantitative estimate of drug-likeness (QED) is 0.0234. The van der Waals surface area contributed by atoms with Crippen molar-refractivity contribution in [3.63, 3.8) is 0 Å². The van der Waals surface area contributed by atoms with Crippen LogP contribution in [0, 0.1) is 5.92 Å². The first-order valence-electron chi connectivity index (χ1n) is 22.7. The molecule has 0 saturated carbocycles. The minimum Gasteiger partial charge on any atom is -0.387 e. The van der Waals surface area contributed by atoms with Gasteiger partial charge in [-0.1, -0.05) is 4.98 Å². The van der Waals surface area contributed by atoms with Crippen molar-refractivity contribution in [2.24, 2.45) is 13.0 Å². The number of carbonyl (C=O) groups excluding carboxylic acids is 1. The lowest BCUT2D eigenvalue weighted by Gasteiger charge is -2.26. The molecule has 14 N–H and O–H groups in total. The Morgan fingerprint density at radius 3 is 2.12 bits per heavy atom. The first kappa shape index (κ1) is 59.0. The van der Waals surface area contributed by atoms with E-state index in [1.165, 1.54) is 27.1 Å². The van der Waals surface area contributed by atoms with Gasteiger partial charge in [0.1, 0.15) is 54.6 Å². The summed E-state index contributed by atoms with van der Waals surface area (Å²) < 4.78 is 110. The number of hydrogen-bond donors (Lipinski definition) is 12. The van der Waals surface area contributed by atoms with Crippen LogP contribution in [-0.2, 0) is 75.8 Å². The number of ether oxygens (including phenoxy) is 4. The van der Waals surface area contributed by atoms with E-state index in [9.17, 15) is 72.3 Å². The number of aliphatic hydroxyl groups is 3. The summed E-state index contributed by atoms with van der Waals surface area (Å²) in [7, 11) is -21.0. The number of rotatable bonds is 22. The average molecular weight is 1190 g/mol. The third-order valence-electron chi connectivity index (χ3n) is 12.0. The van der Waals surface area contributed by atoms with Crippen LogP contribution in [0.4, 0.5) is 11.8 Å². The number of aryl methyl sites for hydroxylation is 1. The number of aromatic nitrogens is 10. The number of aliphatic hydroxyl groups excluding tert-OH is 3. The second-order valence-corrected chi connectivity index (χ2v) is 23.9. The van der Waals surface area contributed by atoms with Crippen molar-refractivity contribution in [2.75, 3.05) is 38.4 Å². The largest absolute Gasteiger partial charge is 0.490 e. The smallest absolute Gasteiger partial charge is 0.387 e. The van der Waals surface area contributed by atoms with E-state index in [0.29, 0.717) is 0 Å². The molecule has 3 aliphatic rings. The van der Waals surface area contributed by atoms with Crippen LogP contribution in [-0.4, -0.2) is 166 Å². The van der Waals surface area contributed by atoms with Gasteiger partial charge in [-0.05, 0) is 13.8 Å². The average Bonchev–Trinajstić information content (AvgIpc) is 4.22. The van der Waals surface area contributed by atoms with E-state index in [1.807, 2.05) is 4.98 Å². The summed E-state index contributed by atoms with van der Waals surface area (Å²) in [5.74, 6) is -2.27. The van der Waals surface area contributed by atoms with Gasteiger partial charge in [-0.2, -0.15) is 8.62 Å². The standard InChI is InChI=1S/C36H51N13O25P4/c1-14(2)42-20(51)7-15-16(69-32(23(15)52)49-13-46(3)22-30(49)44-35(38)45-31(22)55)8-67-76(59,60)73-78(63,64)74-77(61,62)68-10-18-26(27(65-4)34(71-18)48-12-41-21-28(37)39-11-40-29(21)48)72-75(57,58)66-9-17-24(53)25(54)33(70-17)47-6-5-19(50)43-36(47)56/h5-6,11-18,23-27,32-34,52-54H,7-10H2,1-4H3,(H10-,37,38,39,40,42,43,44,45,50,51,55,56,57,58,59,60,61,62,63,64)/p+1/t15?,16-,17-,18-,23-,24-,25-,26-,27-,32?,33-,34-/m1/s1. The number of anilines is 2. The van der Waals surface area contributed by atoms with E-state index in [4.69, 9.17) is 48.5 Å². The Hall–Kier alpha value is -5.11. The van der Waals surface area contributed by atoms with Gasteiger partial charge < -0.3 is 70.6 Å². The van der Waals surface area contributed by atoms with Crippen molar-refractivity contribution >= 4 is 71.3 Å². The maximum Gasteiger partial charge on any atom is 0.490 e. The van der Waals surface area contributed by atoms with Gasteiger partial charge in [-0.3, -0.25) is 56.1 Å². The molecule has 5 aromatic heterocycles. The third kappa shape index (κ3) is 12.9. The Morgan fingerprint density at radius 2 is 1.46 bits per heavy atom. The minimum atomic E-state index is -6.24. The van der Waals surface area contributed by atoms with Gasteiger partial charge in [0.25, 0.3) is 17.1 Å². The highest BCUT2D eigenvalue weighted by Gasteiger charge is 2.54. The topological polar surface area (TPSA) is 536 Å². The molecule has 6 unspecified atom stereocenters. The van der Waals surface area contributed by atoms with E-state index in [1.54, 1.807) is 13.8 Å². The Bertz CT molecular complexity index is 3430. The normalized spacial score (nSPS) is 29.6. The first-order valence-corrected chi connectivity index (χ1v) is 28.6.